The van der Waals surface area contributed by atoms with Gasteiger partial charge in [0.05, 0.1) is 30.0 Å². The molecule has 0 radical (unpaired) electrons. The molecule has 0 aliphatic heterocycles. The van der Waals surface area contributed by atoms with Gasteiger partial charge < -0.3 is 14.0 Å². The standard InChI is InChI=1S/C19H16Cl2N2O4/c1-11-19(18(22-27-11)17-13(20)5-4-6-14(17)21)23(10-24)15-9-12(25-2)7-8-16(15)26-3/h4-10H,1-3H3. The number of halogens is 2. The third-order valence-corrected chi connectivity index (χ3v) is 4.65. The van der Waals surface area contributed by atoms with Gasteiger partial charge in [0.1, 0.15) is 22.9 Å². The molecule has 0 saturated carbocycles. The minimum absolute atomic E-state index is 0.347. The van der Waals surface area contributed by atoms with Gasteiger partial charge in [0.15, 0.2) is 5.76 Å². The molecule has 2 aromatic carbocycles. The van der Waals surface area contributed by atoms with Gasteiger partial charge in [0.2, 0.25) is 6.41 Å². The van der Waals surface area contributed by atoms with Crippen molar-refractivity contribution >= 4 is 41.0 Å². The van der Waals surface area contributed by atoms with Crippen LogP contribution in [0.5, 0.6) is 11.5 Å². The second-order valence-electron chi connectivity index (χ2n) is 5.55. The molecule has 0 aliphatic carbocycles. The van der Waals surface area contributed by atoms with Crippen molar-refractivity contribution in [2.24, 2.45) is 0 Å². The quantitative estimate of drug-likeness (QED) is 0.521. The highest BCUT2D eigenvalue weighted by Gasteiger charge is 2.27. The Hall–Kier alpha value is -2.70. The Balaban J connectivity index is 2.25. The summed E-state index contributed by atoms with van der Waals surface area (Å²) in [7, 11) is 3.05. The molecule has 1 heterocycles. The number of aryl methyl sites for hydroxylation is 1. The lowest BCUT2D eigenvalue weighted by atomic mass is 10.1. The molecular formula is C19H16Cl2N2O4. The maximum Gasteiger partial charge on any atom is 0.219 e. The lowest BCUT2D eigenvalue weighted by Gasteiger charge is -2.21. The molecule has 140 valence electrons. The van der Waals surface area contributed by atoms with Crippen LogP contribution in [-0.2, 0) is 4.79 Å². The first kappa shape index (κ1) is 19.1. The maximum atomic E-state index is 12.1. The Morgan fingerprint density at radius 1 is 1.11 bits per heavy atom. The maximum absolute atomic E-state index is 12.1. The Bertz CT molecular complexity index is 968. The van der Waals surface area contributed by atoms with Crippen LogP contribution < -0.4 is 14.4 Å². The number of amides is 1. The van der Waals surface area contributed by atoms with E-state index in [-0.39, 0.29) is 0 Å². The van der Waals surface area contributed by atoms with E-state index in [1.165, 1.54) is 19.1 Å². The first-order chi connectivity index (χ1) is 13.0. The molecule has 0 N–H and O–H groups in total. The second kappa shape index (κ2) is 7.90. The van der Waals surface area contributed by atoms with Crippen molar-refractivity contribution in [3.8, 4) is 22.8 Å². The SMILES string of the molecule is COc1ccc(OC)c(N(C=O)c2c(-c3c(Cl)cccc3Cl)noc2C)c1. The number of carbonyl (C=O) groups excluding carboxylic acids is 1. The fourth-order valence-electron chi connectivity index (χ4n) is 2.75. The lowest BCUT2D eigenvalue weighted by Crippen LogP contribution is -2.16. The number of benzene rings is 2. The van der Waals surface area contributed by atoms with Gasteiger partial charge in [-0.2, -0.15) is 0 Å². The highest BCUT2D eigenvalue weighted by molar-refractivity contribution is 6.39. The highest BCUT2D eigenvalue weighted by Crippen LogP contribution is 2.44. The summed E-state index contributed by atoms with van der Waals surface area (Å²) in [6.07, 6.45) is 0.644. The van der Waals surface area contributed by atoms with Gasteiger partial charge in [-0.1, -0.05) is 34.4 Å². The minimum atomic E-state index is 0.347. The van der Waals surface area contributed by atoms with Crippen LogP contribution in [0.1, 0.15) is 5.76 Å². The number of hydrogen-bond acceptors (Lipinski definition) is 5. The molecule has 3 aromatic rings. The van der Waals surface area contributed by atoms with E-state index in [4.69, 9.17) is 37.2 Å². The van der Waals surface area contributed by atoms with E-state index in [9.17, 15) is 4.79 Å². The van der Waals surface area contributed by atoms with Crippen molar-refractivity contribution in [2.45, 2.75) is 6.92 Å². The number of ether oxygens (including phenoxy) is 2. The molecular weight excluding hydrogens is 391 g/mol. The van der Waals surface area contributed by atoms with Crippen LogP contribution in [-0.4, -0.2) is 25.8 Å². The highest BCUT2D eigenvalue weighted by atomic mass is 35.5. The fourth-order valence-corrected chi connectivity index (χ4v) is 3.33. The van der Waals surface area contributed by atoms with E-state index >= 15 is 0 Å². The average molecular weight is 407 g/mol. The van der Waals surface area contributed by atoms with Crippen LogP contribution in [0.15, 0.2) is 40.9 Å². The third-order valence-electron chi connectivity index (χ3n) is 4.02. The van der Waals surface area contributed by atoms with Crippen molar-refractivity contribution < 1.29 is 18.8 Å². The van der Waals surface area contributed by atoms with Gasteiger partial charge >= 0.3 is 0 Å². The molecule has 0 fully saturated rings. The predicted octanol–water partition coefficient (Wildman–Crippen LogP) is 5.27. The van der Waals surface area contributed by atoms with Crippen LogP contribution in [0, 0.1) is 6.92 Å². The summed E-state index contributed by atoms with van der Waals surface area (Å²) in [5.41, 5.74) is 1.69. The van der Waals surface area contributed by atoms with Gasteiger partial charge in [0, 0.05) is 11.6 Å². The molecule has 6 nitrogen and oxygen atoms in total. The van der Waals surface area contributed by atoms with Crippen LogP contribution in [0.4, 0.5) is 11.4 Å². The molecule has 3 rings (SSSR count). The van der Waals surface area contributed by atoms with Crippen molar-refractivity contribution in [3.63, 3.8) is 0 Å². The summed E-state index contributed by atoms with van der Waals surface area (Å²) in [6.45, 7) is 1.69. The zero-order valence-corrected chi connectivity index (χ0v) is 16.3. The topological polar surface area (TPSA) is 64.8 Å². The van der Waals surface area contributed by atoms with Crippen molar-refractivity contribution in [1.29, 1.82) is 0 Å². The molecule has 27 heavy (non-hydrogen) atoms. The van der Waals surface area contributed by atoms with Crippen LogP contribution in [0.25, 0.3) is 11.3 Å². The number of rotatable bonds is 6. The number of anilines is 2. The molecule has 8 heteroatoms. The zero-order chi connectivity index (χ0) is 19.6. The van der Waals surface area contributed by atoms with E-state index < -0.39 is 0 Å². The monoisotopic (exact) mass is 406 g/mol. The van der Waals surface area contributed by atoms with E-state index in [0.717, 1.165) is 0 Å². The van der Waals surface area contributed by atoms with E-state index in [2.05, 4.69) is 5.16 Å². The molecule has 0 atom stereocenters. The van der Waals surface area contributed by atoms with Gasteiger partial charge in [-0.15, -0.1) is 0 Å². The number of carbonyl (C=O) groups is 1. The molecule has 1 amide bonds. The van der Waals surface area contributed by atoms with Crippen molar-refractivity contribution in [3.05, 3.63) is 52.2 Å². The summed E-state index contributed by atoms with van der Waals surface area (Å²) in [6, 6.07) is 10.2. The molecule has 0 bridgehead atoms. The Kier molecular flexibility index (Phi) is 5.58. The number of aromatic nitrogens is 1. The zero-order valence-electron chi connectivity index (χ0n) is 14.8. The van der Waals surface area contributed by atoms with Gasteiger partial charge in [-0.05, 0) is 31.2 Å². The Labute approximate surface area is 166 Å². The van der Waals surface area contributed by atoms with Crippen LogP contribution >= 0.6 is 23.2 Å². The average Bonchev–Trinajstić information content (AvgIpc) is 3.03. The van der Waals surface area contributed by atoms with Gasteiger partial charge in [-0.3, -0.25) is 9.69 Å². The molecule has 0 spiro atoms. The van der Waals surface area contributed by atoms with E-state index in [1.54, 1.807) is 43.3 Å². The summed E-state index contributed by atoms with van der Waals surface area (Å²) in [5.74, 6) is 1.45. The third kappa shape index (κ3) is 3.46. The second-order valence-corrected chi connectivity index (χ2v) is 6.36. The minimum Gasteiger partial charge on any atom is -0.497 e. The number of hydrogen-bond donors (Lipinski definition) is 0. The lowest BCUT2D eigenvalue weighted by molar-refractivity contribution is -0.106. The first-order valence-corrected chi connectivity index (χ1v) is 8.64. The van der Waals surface area contributed by atoms with Gasteiger partial charge in [-0.25, -0.2) is 0 Å². The summed E-state index contributed by atoms with van der Waals surface area (Å²) >= 11 is 12.7. The summed E-state index contributed by atoms with van der Waals surface area (Å²) in [5, 5.41) is 4.86. The van der Waals surface area contributed by atoms with E-state index in [1.807, 2.05) is 0 Å². The predicted molar refractivity (Wildman–Crippen MR) is 104 cm³/mol. The molecule has 0 aliphatic rings. The van der Waals surface area contributed by atoms with Crippen molar-refractivity contribution in [2.75, 3.05) is 19.1 Å². The normalized spacial score (nSPS) is 10.6. The van der Waals surface area contributed by atoms with Gasteiger partial charge in [0.25, 0.3) is 0 Å². The smallest absolute Gasteiger partial charge is 0.219 e. The van der Waals surface area contributed by atoms with Crippen LogP contribution in [0.2, 0.25) is 10.0 Å². The Morgan fingerprint density at radius 2 is 1.81 bits per heavy atom. The van der Waals surface area contributed by atoms with Crippen LogP contribution in [0.3, 0.4) is 0 Å². The van der Waals surface area contributed by atoms with Crippen molar-refractivity contribution in [1.82, 2.24) is 5.16 Å². The molecule has 0 saturated heterocycles. The molecule has 0 unspecified atom stereocenters. The largest absolute Gasteiger partial charge is 0.497 e. The first-order valence-electron chi connectivity index (χ1n) is 7.89. The van der Waals surface area contributed by atoms with E-state index in [0.29, 0.717) is 56.3 Å². The number of methoxy groups -OCH3 is 2. The summed E-state index contributed by atoms with van der Waals surface area (Å²) in [4.78, 5) is 13.4. The summed E-state index contributed by atoms with van der Waals surface area (Å²) < 4.78 is 16.0. The number of nitrogens with zero attached hydrogens (tertiary/aromatic N) is 2. The fraction of sp³-hybridized carbons (Fsp3) is 0.158. The Morgan fingerprint density at radius 3 is 2.41 bits per heavy atom. The molecule has 1 aromatic heterocycles.